The molecule has 90 valence electrons. The molecule has 0 aliphatic rings. The van der Waals surface area contributed by atoms with Crippen molar-refractivity contribution in [2.45, 2.75) is 65.2 Å². The first-order valence-corrected chi connectivity index (χ1v) is 6.22. The van der Waals surface area contributed by atoms with Crippen LogP contribution in [0.15, 0.2) is 5.34 Å². The SMILES string of the molecule is CC(C)CCCCCCCCCON=O. The lowest BCUT2D eigenvalue weighted by molar-refractivity contribution is 0.135. The van der Waals surface area contributed by atoms with Crippen LogP contribution in [0.4, 0.5) is 0 Å². The van der Waals surface area contributed by atoms with Crippen molar-refractivity contribution in [1.82, 2.24) is 0 Å². The van der Waals surface area contributed by atoms with Gasteiger partial charge in [-0.25, -0.2) is 0 Å². The van der Waals surface area contributed by atoms with E-state index >= 15 is 0 Å². The van der Waals surface area contributed by atoms with Crippen molar-refractivity contribution in [3.05, 3.63) is 4.91 Å². The van der Waals surface area contributed by atoms with E-state index in [1.54, 1.807) is 0 Å². The highest BCUT2D eigenvalue weighted by Gasteiger charge is 1.95. The third kappa shape index (κ3) is 13.4. The summed E-state index contributed by atoms with van der Waals surface area (Å²) in [6, 6.07) is 0. The van der Waals surface area contributed by atoms with Gasteiger partial charge in [-0.3, -0.25) is 0 Å². The Balaban J connectivity index is 2.89. The van der Waals surface area contributed by atoms with Crippen molar-refractivity contribution < 1.29 is 4.84 Å². The second kappa shape index (κ2) is 11.5. The van der Waals surface area contributed by atoms with Gasteiger partial charge in [-0.1, -0.05) is 52.4 Å². The molecule has 15 heavy (non-hydrogen) atoms. The van der Waals surface area contributed by atoms with E-state index in [4.69, 9.17) is 0 Å². The van der Waals surface area contributed by atoms with Crippen molar-refractivity contribution in [3.63, 3.8) is 0 Å². The smallest absolute Gasteiger partial charge is 0.155 e. The van der Waals surface area contributed by atoms with Gasteiger partial charge in [0.25, 0.3) is 0 Å². The zero-order valence-corrected chi connectivity index (χ0v) is 10.2. The fourth-order valence-electron chi connectivity index (χ4n) is 1.64. The molecule has 0 fully saturated rings. The van der Waals surface area contributed by atoms with Crippen molar-refractivity contribution in [3.8, 4) is 0 Å². The lowest BCUT2D eigenvalue weighted by Gasteiger charge is -2.04. The average molecular weight is 215 g/mol. The summed E-state index contributed by atoms with van der Waals surface area (Å²) < 4.78 is 0. The molecule has 0 aromatic heterocycles. The van der Waals surface area contributed by atoms with Gasteiger partial charge >= 0.3 is 0 Å². The molecule has 3 heteroatoms. The Kier molecular flexibility index (Phi) is 11.0. The fourth-order valence-corrected chi connectivity index (χ4v) is 1.64. The molecule has 0 saturated carbocycles. The molecule has 3 nitrogen and oxygen atoms in total. The largest absolute Gasteiger partial charge is 0.364 e. The maximum absolute atomic E-state index is 9.59. The highest BCUT2D eigenvalue weighted by molar-refractivity contribution is 4.49. The second-order valence-corrected chi connectivity index (χ2v) is 4.57. The second-order valence-electron chi connectivity index (χ2n) is 4.57. The molecule has 0 aliphatic carbocycles. The molecule has 0 radical (unpaired) electrons. The van der Waals surface area contributed by atoms with E-state index in [1.165, 1.54) is 38.5 Å². The van der Waals surface area contributed by atoms with E-state index in [-0.39, 0.29) is 0 Å². The third-order valence-electron chi connectivity index (χ3n) is 2.57. The van der Waals surface area contributed by atoms with Crippen LogP contribution in [0.3, 0.4) is 0 Å². The summed E-state index contributed by atoms with van der Waals surface area (Å²) in [5, 5.41) is 2.36. The Hall–Kier alpha value is -0.600. The van der Waals surface area contributed by atoms with Gasteiger partial charge in [0.15, 0.2) is 5.34 Å². The van der Waals surface area contributed by atoms with Crippen LogP contribution in [0.2, 0.25) is 0 Å². The highest BCUT2D eigenvalue weighted by atomic mass is 16.7. The van der Waals surface area contributed by atoms with Gasteiger partial charge in [0.1, 0.15) is 6.61 Å². The Morgan fingerprint density at radius 2 is 1.47 bits per heavy atom. The molecule has 0 aromatic rings. The summed E-state index contributed by atoms with van der Waals surface area (Å²) >= 11 is 0. The normalized spacial score (nSPS) is 10.6. The lowest BCUT2D eigenvalue weighted by atomic mass is 10.0. The molecule has 0 amide bonds. The molecule has 0 unspecified atom stereocenters. The number of nitrogens with zero attached hydrogens (tertiary/aromatic N) is 1. The Labute approximate surface area is 93.5 Å². The molecule has 0 N–H and O–H groups in total. The monoisotopic (exact) mass is 215 g/mol. The van der Waals surface area contributed by atoms with Crippen molar-refractivity contribution in [2.75, 3.05) is 6.61 Å². The minimum absolute atomic E-state index is 0.483. The molecule has 0 bridgehead atoms. The van der Waals surface area contributed by atoms with Crippen LogP contribution in [0, 0.1) is 10.8 Å². The van der Waals surface area contributed by atoms with Crippen LogP contribution in [0.5, 0.6) is 0 Å². The first-order chi connectivity index (χ1) is 7.27. The average Bonchev–Trinajstić information content (AvgIpc) is 2.20. The quantitative estimate of drug-likeness (QED) is 0.290. The predicted molar refractivity (Wildman–Crippen MR) is 63.5 cm³/mol. The minimum atomic E-state index is 0.483. The van der Waals surface area contributed by atoms with E-state index < -0.39 is 0 Å². The summed E-state index contributed by atoms with van der Waals surface area (Å²) in [7, 11) is 0. The zero-order chi connectivity index (χ0) is 11.4. The van der Waals surface area contributed by atoms with Crippen LogP contribution >= 0.6 is 0 Å². The molecule has 0 heterocycles. The van der Waals surface area contributed by atoms with Crippen LogP contribution in [0.1, 0.15) is 65.2 Å². The fraction of sp³-hybridized carbons (Fsp3) is 1.00. The number of hydrogen-bond acceptors (Lipinski definition) is 3. The Morgan fingerprint density at radius 3 is 2.00 bits per heavy atom. The molecule has 0 atom stereocenters. The molecular formula is C12H25NO2. The van der Waals surface area contributed by atoms with E-state index in [0.29, 0.717) is 6.61 Å². The standard InChI is InChI=1S/C12H25NO2/c1-12(2)10-8-6-4-3-5-7-9-11-15-13-14/h12H,3-11H2,1-2H3. The topological polar surface area (TPSA) is 38.7 Å². The maximum atomic E-state index is 9.59. The first-order valence-electron chi connectivity index (χ1n) is 6.22. The van der Waals surface area contributed by atoms with Gasteiger partial charge < -0.3 is 4.84 Å². The molecule has 0 rings (SSSR count). The van der Waals surface area contributed by atoms with E-state index in [0.717, 1.165) is 18.8 Å². The number of unbranched alkanes of at least 4 members (excludes halogenated alkanes) is 6. The summed E-state index contributed by atoms with van der Waals surface area (Å²) in [4.78, 5) is 14.0. The van der Waals surface area contributed by atoms with E-state index in [2.05, 4.69) is 24.0 Å². The molecular weight excluding hydrogens is 190 g/mol. The summed E-state index contributed by atoms with van der Waals surface area (Å²) in [5.74, 6) is 0.845. The van der Waals surface area contributed by atoms with Crippen molar-refractivity contribution >= 4 is 0 Å². The highest BCUT2D eigenvalue weighted by Crippen LogP contribution is 2.11. The van der Waals surface area contributed by atoms with Crippen molar-refractivity contribution in [1.29, 1.82) is 0 Å². The molecule has 0 aliphatic heterocycles. The van der Waals surface area contributed by atoms with Crippen molar-refractivity contribution in [2.24, 2.45) is 11.3 Å². The van der Waals surface area contributed by atoms with Gasteiger partial charge in [-0.2, -0.15) is 0 Å². The molecule has 0 spiro atoms. The van der Waals surface area contributed by atoms with E-state index in [1.807, 2.05) is 0 Å². The van der Waals surface area contributed by atoms with Crippen LogP contribution in [0.25, 0.3) is 0 Å². The number of rotatable bonds is 11. The maximum Gasteiger partial charge on any atom is 0.155 e. The number of hydrogen-bond donors (Lipinski definition) is 0. The third-order valence-corrected chi connectivity index (χ3v) is 2.57. The summed E-state index contributed by atoms with van der Waals surface area (Å²) in [6.07, 6.45) is 10.1. The van der Waals surface area contributed by atoms with Gasteiger partial charge in [-0.15, -0.1) is 4.91 Å². The zero-order valence-electron chi connectivity index (χ0n) is 10.2. The summed E-state index contributed by atoms with van der Waals surface area (Å²) in [6.45, 7) is 5.04. The predicted octanol–water partition coefficient (Wildman–Crippen LogP) is 4.46. The van der Waals surface area contributed by atoms with Gasteiger partial charge in [0.05, 0.1) is 0 Å². The van der Waals surface area contributed by atoms with Gasteiger partial charge in [0, 0.05) is 0 Å². The minimum Gasteiger partial charge on any atom is -0.364 e. The van der Waals surface area contributed by atoms with Gasteiger partial charge in [0.2, 0.25) is 0 Å². The van der Waals surface area contributed by atoms with Gasteiger partial charge in [-0.05, 0) is 18.8 Å². The van der Waals surface area contributed by atoms with Crippen LogP contribution in [-0.4, -0.2) is 6.61 Å². The van der Waals surface area contributed by atoms with E-state index in [9.17, 15) is 4.91 Å². The van der Waals surface area contributed by atoms with Crippen LogP contribution < -0.4 is 0 Å². The summed E-state index contributed by atoms with van der Waals surface area (Å²) in [5.41, 5.74) is 0. The Morgan fingerprint density at radius 1 is 0.933 bits per heavy atom. The molecule has 0 aromatic carbocycles. The lowest BCUT2D eigenvalue weighted by Crippen LogP contribution is -1.89. The first kappa shape index (κ1) is 14.4. The van der Waals surface area contributed by atoms with Crippen LogP contribution in [-0.2, 0) is 4.84 Å². The Bertz CT molecular complexity index is 138. The molecule has 0 saturated heterocycles.